The third kappa shape index (κ3) is 4.47. The fourth-order valence-electron chi connectivity index (χ4n) is 2.96. The van der Waals surface area contributed by atoms with Gasteiger partial charge in [0, 0.05) is 13.0 Å². The van der Waals surface area contributed by atoms with Crippen molar-refractivity contribution in [3.05, 3.63) is 29.8 Å². The molecule has 1 aromatic carbocycles. The molecule has 1 aliphatic heterocycles. The van der Waals surface area contributed by atoms with Gasteiger partial charge in [0.15, 0.2) is 0 Å². The third-order valence-corrected chi connectivity index (χ3v) is 4.34. The van der Waals surface area contributed by atoms with Gasteiger partial charge in [0.1, 0.15) is 11.3 Å². The van der Waals surface area contributed by atoms with E-state index in [0.717, 1.165) is 24.2 Å². The van der Waals surface area contributed by atoms with Gasteiger partial charge in [0.25, 0.3) is 0 Å². The molecule has 0 aliphatic carbocycles. The molecule has 5 nitrogen and oxygen atoms in total. The molecule has 0 radical (unpaired) electrons. The number of ether oxygens (including phenoxy) is 1. The third-order valence-electron chi connectivity index (χ3n) is 4.34. The Morgan fingerprint density at radius 1 is 1.35 bits per heavy atom. The van der Waals surface area contributed by atoms with Crippen molar-refractivity contribution in [2.75, 3.05) is 6.61 Å². The molecule has 0 saturated carbocycles. The maximum absolute atomic E-state index is 12.7. The molecule has 126 valence electrons. The van der Waals surface area contributed by atoms with Crippen molar-refractivity contribution < 1.29 is 14.3 Å². The van der Waals surface area contributed by atoms with Crippen LogP contribution >= 0.6 is 0 Å². The van der Waals surface area contributed by atoms with Crippen molar-refractivity contribution in [3.8, 4) is 5.75 Å². The smallest absolute Gasteiger partial charge is 0.246 e. The van der Waals surface area contributed by atoms with E-state index in [2.05, 4.69) is 10.6 Å². The first-order valence-corrected chi connectivity index (χ1v) is 8.40. The van der Waals surface area contributed by atoms with Crippen LogP contribution in [-0.4, -0.2) is 24.0 Å². The standard InChI is InChI=1S/C18H26N2O3/c1-3-18(11-6-5-10-16(21)20-18)17(22)19-13-14-8-7-9-15(12-14)23-4-2/h7-9,12H,3-6,10-11,13H2,1-2H3,(H,19,22)(H,20,21)/t18-/m0/s1. The molecule has 1 fully saturated rings. The van der Waals surface area contributed by atoms with Crippen LogP contribution in [0.25, 0.3) is 0 Å². The van der Waals surface area contributed by atoms with Gasteiger partial charge in [-0.2, -0.15) is 0 Å². The van der Waals surface area contributed by atoms with Gasteiger partial charge in [0.2, 0.25) is 11.8 Å². The predicted molar refractivity (Wildman–Crippen MR) is 89.1 cm³/mol. The predicted octanol–water partition coefficient (Wildman–Crippen LogP) is 2.54. The van der Waals surface area contributed by atoms with Crippen LogP contribution in [0.1, 0.15) is 51.5 Å². The highest BCUT2D eigenvalue weighted by molar-refractivity contribution is 5.91. The molecule has 0 aromatic heterocycles. The molecular formula is C18H26N2O3. The Morgan fingerprint density at radius 3 is 2.91 bits per heavy atom. The Hall–Kier alpha value is -2.04. The van der Waals surface area contributed by atoms with E-state index >= 15 is 0 Å². The summed E-state index contributed by atoms with van der Waals surface area (Å²) in [7, 11) is 0. The molecule has 1 aromatic rings. The van der Waals surface area contributed by atoms with E-state index in [1.54, 1.807) is 0 Å². The normalized spacial score (nSPS) is 21.2. The van der Waals surface area contributed by atoms with Crippen LogP contribution in [0.15, 0.2) is 24.3 Å². The first-order chi connectivity index (χ1) is 11.1. The van der Waals surface area contributed by atoms with E-state index < -0.39 is 5.54 Å². The van der Waals surface area contributed by atoms with Gasteiger partial charge in [-0.3, -0.25) is 9.59 Å². The fraction of sp³-hybridized carbons (Fsp3) is 0.556. The van der Waals surface area contributed by atoms with Crippen molar-refractivity contribution in [2.45, 2.75) is 58.0 Å². The number of amides is 2. The summed E-state index contributed by atoms with van der Waals surface area (Å²) >= 11 is 0. The van der Waals surface area contributed by atoms with E-state index in [1.807, 2.05) is 38.1 Å². The number of nitrogens with one attached hydrogen (secondary N) is 2. The van der Waals surface area contributed by atoms with Crippen molar-refractivity contribution in [3.63, 3.8) is 0 Å². The second kappa shape index (κ2) is 7.99. The minimum Gasteiger partial charge on any atom is -0.494 e. The average Bonchev–Trinajstić information content (AvgIpc) is 2.75. The van der Waals surface area contributed by atoms with Crippen LogP contribution < -0.4 is 15.4 Å². The van der Waals surface area contributed by atoms with Gasteiger partial charge >= 0.3 is 0 Å². The summed E-state index contributed by atoms with van der Waals surface area (Å²) in [5, 5.41) is 5.90. The van der Waals surface area contributed by atoms with Gasteiger partial charge < -0.3 is 15.4 Å². The lowest BCUT2D eigenvalue weighted by atomic mass is 9.89. The second-order valence-corrected chi connectivity index (χ2v) is 5.95. The second-order valence-electron chi connectivity index (χ2n) is 5.95. The van der Waals surface area contributed by atoms with E-state index in [-0.39, 0.29) is 11.8 Å². The quantitative estimate of drug-likeness (QED) is 0.847. The van der Waals surface area contributed by atoms with Crippen LogP contribution in [0.2, 0.25) is 0 Å². The zero-order chi connectivity index (χ0) is 16.7. The zero-order valence-corrected chi connectivity index (χ0v) is 14.0. The first kappa shape index (κ1) is 17.3. The lowest BCUT2D eigenvalue weighted by Gasteiger charge is -2.31. The van der Waals surface area contributed by atoms with Crippen molar-refractivity contribution in [1.29, 1.82) is 0 Å². The van der Waals surface area contributed by atoms with Gasteiger partial charge in [0.05, 0.1) is 6.61 Å². The van der Waals surface area contributed by atoms with Crippen molar-refractivity contribution >= 4 is 11.8 Å². The van der Waals surface area contributed by atoms with Crippen molar-refractivity contribution in [1.82, 2.24) is 10.6 Å². The summed E-state index contributed by atoms with van der Waals surface area (Å²) in [6, 6.07) is 7.69. The number of rotatable bonds is 6. The molecule has 1 atom stereocenters. The Morgan fingerprint density at radius 2 is 2.17 bits per heavy atom. The summed E-state index contributed by atoms with van der Waals surface area (Å²) in [6.45, 7) is 4.92. The van der Waals surface area contributed by atoms with Crippen LogP contribution in [0.5, 0.6) is 5.75 Å². The lowest BCUT2D eigenvalue weighted by molar-refractivity contribution is -0.133. The fourth-order valence-corrected chi connectivity index (χ4v) is 2.96. The minimum absolute atomic E-state index is 0.0298. The highest BCUT2D eigenvalue weighted by Crippen LogP contribution is 2.23. The van der Waals surface area contributed by atoms with Crippen LogP contribution in [0, 0.1) is 0 Å². The summed E-state index contributed by atoms with van der Waals surface area (Å²) in [5.41, 5.74) is 0.209. The van der Waals surface area contributed by atoms with Crippen LogP contribution in [0.4, 0.5) is 0 Å². The average molecular weight is 318 g/mol. The van der Waals surface area contributed by atoms with Gasteiger partial charge in [-0.15, -0.1) is 0 Å². The molecule has 0 unspecified atom stereocenters. The number of benzene rings is 1. The monoisotopic (exact) mass is 318 g/mol. The van der Waals surface area contributed by atoms with Crippen LogP contribution in [0.3, 0.4) is 0 Å². The van der Waals surface area contributed by atoms with E-state index in [9.17, 15) is 9.59 Å². The molecule has 0 bridgehead atoms. The number of carbonyl (C=O) groups excluding carboxylic acids is 2. The highest BCUT2D eigenvalue weighted by Gasteiger charge is 2.38. The summed E-state index contributed by atoms with van der Waals surface area (Å²) in [5.74, 6) is 0.669. The van der Waals surface area contributed by atoms with E-state index in [0.29, 0.717) is 32.4 Å². The Bertz CT molecular complexity index is 559. The maximum Gasteiger partial charge on any atom is 0.246 e. The van der Waals surface area contributed by atoms with Crippen molar-refractivity contribution in [2.24, 2.45) is 0 Å². The molecule has 2 N–H and O–H groups in total. The van der Waals surface area contributed by atoms with Crippen LogP contribution in [-0.2, 0) is 16.1 Å². The largest absolute Gasteiger partial charge is 0.494 e. The van der Waals surface area contributed by atoms with Gasteiger partial charge in [-0.1, -0.05) is 25.5 Å². The maximum atomic E-state index is 12.7. The van der Waals surface area contributed by atoms with Gasteiger partial charge in [-0.25, -0.2) is 0 Å². The molecule has 1 saturated heterocycles. The Labute approximate surface area is 137 Å². The van der Waals surface area contributed by atoms with Gasteiger partial charge in [-0.05, 0) is 43.9 Å². The Kier molecular flexibility index (Phi) is 6.02. The summed E-state index contributed by atoms with van der Waals surface area (Å²) < 4.78 is 5.47. The minimum atomic E-state index is -0.773. The number of hydrogen-bond donors (Lipinski definition) is 2. The summed E-state index contributed by atoms with van der Waals surface area (Å²) in [4.78, 5) is 24.5. The summed E-state index contributed by atoms with van der Waals surface area (Å²) in [6.07, 6.45) is 3.53. The number of hydrogen-bond acceptors (Lipinski definition) is 3. The Balaban J connectivity index is 2.02. The molecule has 1 aliphatic rings. The molecule has 0 spiro atoms. The molecule has 23 heavy (non-hydrogen) atoms. The SMILES string of the molecule is CCOc1cccc(CNC(=O)[C@]2(CC)CCCCC(=O)N2)c1. The zero-order valence-electron chi connectivity index (χ0n) is 14.0. The van der Waals surface area contributed by atoms with E-state index in [4.69, 9.17) is 4.74 Å². The highest BCUT2D eigenvalue weighted by atomic mass is 16.5. The molecule has 2 rings (SSSR count). The molecule has 2 amide bonds. The first-order valence-electron chi connectivity index (χ1n) is 8.40. The topological polar surface area (TPSA) is 67.4 Å². The lowest BCUT2D eigenvalue weighted by Crippen LogP contribution is -2.57. The molecular weight excluding hydrogens is 292 g/mol. The molecule has 1 heterocycles. The molecule has 5 heteroatoms. The van der Waals surface area contributed by atoms with E-state index in [1.165, 1.54) is 0 Å². The number of carbonyl (C=O) groups is 2.